The molecular formula is C14H21FN2O. The van der Waals surface area contributed by atoms with Crippen molar-refractivity contribution in [2.75, 3.05) is 0 Å². The molecule has 0 aromatic heterocycles. The number of nitrogens with one attached hydrogen (secondary N) is 1. The van der Waals surface area contributed by atoms with Crippen molar-refractivity contribution >= 4 is 5.91 Å². The predicted octanol–water partition coefficient (Wildman–Crippen LogP) is 2.38. The lowest BCUT2D eigenvalue weighted by Crippen LogP contribution is -2.49. The average molecular weight is 252 g/mol. The summed E-state index contributed by atoms with van der Waals surface area (Å²) in [5, 5.41) is 2.80. The fraction of sp³-hybridized carbons (Fsp3) is 0.500. The highest BCUT2D eigenvalue weighted by molar-refractivity contribution is 5.82. The van der Waals surface area contributed by atoms with Crippen LogP contribution in [0.5, 0.6) is 0 Å². The molecule has 1 aromatic rings. The number of halogens is 1. The van der Waals surface area contributed by atoms with Crippen LogP contribution in [0.2, 0.25) is 0 Å². The highest BCUT2D eigenvalue weighted by Gasteiger charge is 2.28. The van der Waals surface area contributed by atoms with Crippen molar-refractivity contribution in [3.8, 4) is 0 Å². The molecule has 100 valence electrons. The Morgan fingerprint density at radius 3 is 2.50 bits per heavy atom. The van der Waals surface area contributed by atoms with Crippen molar-refractivity contribution in [3.63, 3.8) is 0 Å². The first kappa shape index (κ1) is 14.6. The maximum atomic E-state index is 13.1. The van der Waals surface area contributed by atoms with Crippen molar-refractivity contribution in [2.45, 2.75) is 39.8 Å². The molecular weight excluding hydrogens is 231 g/mol. The minimum atomic E-state index is -0.589. The first-order valence-corrected chi connectivity index (χ1v) is 6.03. The van der Waals surface area contributed by atoms with Crippen LogP contribution < -0.4 is 11.1 Å². The van der Waals surface area contributed by atoms with E-state index >= 15 is 0 Å². The third-order valence-electron chi connectivity index (χ3n) is 2.92. The Hall–Kier alpha value is -1.42. The lowest BCUT2D eigenvalue weighted by molar-refractivity contribution is -0.125. The van der Waals surface area contributed by atoms with E-state index in [9.17, 15) is 9.18 Å². The number of benzene rings is 1. The molecule has 0 saturated heterocycles. The van der Waals surface area contributed by atoms with E-state index in [0.29, 0.717) is 0 Å². The molecule has 0 bridgehead atoms. The molecule has 1 rings (SSSR count). The van der Waals surface area contributed by atoms with E-state index in [1.807, 2.05) is 27.7 Å². The molecule has 0 aliphatic rings. The van der Waals surface area contributed by atoms with Gasteiger partial charge >= 0.3 is 0 Å². The molecule has 3 nitrogen and oxygen atoms in total. The summed E-state index contributed by atoms with van der Waals surface area (Å²) >= 11 is 0. The molecule has 0 spiro atoms. The van der Waals surface area contributed by atoms with E-state index in [0.717, 1.165) is 5.56 Å². The number of hydrogen-bond acceptors (Lipinski definition) is 2. The Labute approximate surface area is 108 Å². The molecule has 1 aromatic carbocycles. The molecule has 0 unspecified atom stereocenters. The molecule has 4 heteroatoms. The summed E-state index contributed by atoms with van der Waals surface area (Å²) in [4.78, 5) is 11.9. The Kier molecular flexibility index (Phi) is 4.46. The maximum absolute atomic E-state index is 13.1. The van der Waals surface area contributed by atoms with Crippen LogP contribution in [0.1, 0.15) is 39.3 Å². The van der Waals surface area contributed by atoms with Gasteiger partial charge in [0, 0.05) is 0 Å². The molecule has 1 amide bonds. The Bertz CT molecular complexity index is 426. The SMILES string of the molecule is C[C@@H](NC(=O)[C@H](N)C(C)(C)C)c1cccc(F)c1. The molecule has 0 radical (unpaired) electrons. The normalized spacial score (nSPS) is 15.0. The molecule has 0 aliphatic carbocycles. The summed E-state index contributed by atoms with van der Waals surface area (Å²) in [5.74, 6) is -0.534. The zero-order chi connectivity index (χ0) is 13.9. The second-order valence-electron chi connectivity index (χ2n) is 5.63. The molecule has 0 saturated carbocycles. The molecule has 3 N–H and O–H groups in total. The Balaban J connectivity index is 2.71. The van der Waals surface area contributed by atoms with Gasteiger partial charge in [0.15, 0.2) is 0 Å². The van der Waals surface area contributed by atoms with Gasteiger partial charge in [-0.1, -0.05) is 32.9 Å². The van der Waals surface area contributed by atoms with E-state index in [1.54, 1.807) is 12.1 Å². The van der Waals surface area contributed by atoms with Crippen LogP contribution in [-0.4, -0.2) is 11.9 Å². The van der Waals surface area contributed by atoms with Crippen LogP contribution >= 0.6 is 0 Å². The van der Waals surface area contributed by atoms with Gasteiger partial charge in [0.05, 0.1) is 12.1 Å². The number of carbonyl (C=O) groups is 1. The highest BCUT2D eigenvalue weighted by Crippen LogP contribution is 2.19. The largest absolute Gasteiger partial charge is 0.348 e. The lowest BCUT2D eigenvalue weighted by atomic mass is 9.86. The number of carbonyl (C=O) groups excluding carboxylic acids is 1. The first-order chi connectivity index (χ1) is 8.21. The predicted molar refractivity (Wildman–Crippen MR) is 70.4 cm³/mol. The van der Waals surface area contributed by atoms with Gasteiger partial charge in [0.25, 0.3) is 0 Å². The fourth-order valence-corrected chi connectivity index (χ4v) is 1.56. The van der Waals surface area contributed by atoms with Gasteiger partial charge in [-0.15, -0.1) is 0 Å². The van der Waals surface area contributed by atoms with Crippen molar-refractivity contribution in [1.29, 1.82) is 0 Å². The van der Waals surface area contributed by atoms with E-state index < -0.39 is 6.04 Å². The number of nitrogens with two attached hydrogens (primary N) is 1. The molecule has 18 heavy (non-hydrogen) atoms. The van der Waals surface area contributed by atoms with Crippen LogP contribution in [0.4, 0.5) is 4.39 Å². The van der Waals surface area contributed by atoms with Crippen LogP contribution in [0.3, 0.4) is 0 Å². The number of rotatable bonds is 3. The van der Waals surface area contributed by atoms with Crippen LogP contribution in [0, 0.1) is 11.2 Å². The standard InChI is InChI=1S/C14H21FN2O/c1-9(10-6-5-7-11(15)8-10)17-13(18)12(16)14(2,3)4/h5-9,12H,16H2,1-4H3,(H,17,18)/t9-,12+/m1/s1. The van der Waals surface area contributed by atoms with Crippen LogP contribution in [-0.2, 0) is 4.79 Å². The van der Waals surface area contributed by atoms with Gasteiger partial charge in [-0.2, -0.15) is 0 Å². The quantitative estimate of drug-likeness (QED) is 0.867. The van der Waals surface area contributed by atoms with Crippen molar-refractivity contribution < 1.29 is 9.18 Å². The smallest absolute Gasteiger partial charge is 0.237 e. The maximum Gasteiger partial charge on any atom is 0.237 e. The zero-order valence-corrected chi connectivity index (χ0v) is 11.3. The summed E-state index contributed by atoms with van der Waals surface area (Å²) in [6.45, 7) is 7.53. The fourth-order valence-electron chi connectivity index (χ4n) is 1.56. The summed E-state index contributed by atoms with van der Waals surface area (Å²) in [5.41, 5.74) is 6.29. The van der Waals surface area contributed by atoms with Crippen LogP contribution in [0.15, 0.2) is 24.3 Å². The molecule has 0 heterocycles. The highest BCUT2D eigenvalue weighted by atomic mass is 19.1. The van der Waals surface area contributed by atoms with Gasteiger partial charge in [-0.05, 0) is 30.0 Å². The number of amides is 1. The summed E-state index contributed by atoms with van der Waals surface area (Å²) in [6, 6.07) is 5.33. The zero-order valence-electron chi connectivity index (χ0n) is 11.3. The molecule has 2 atom stereocenters. The third-order valence-corrected chi connectivity index (χ3v) is 2.92. The minimum Gasteiger partial charge on any atom is -0.348 e. The van der Waals surface area contributed by atoms with Crippen molar-refractivity contribution in [2.24, 2.45) is 11.1 Å². The van der Waals surface area contributed by atoms with Crippen molar-refractivity contribution in [1.82, 2.24) is 5.32 Å². The average Bonchev–Trinajstić information content (AvgIpc) is 2.26. The second kappa shape index (κ2) is 5.48. The van der Waals surface area contributed by atoms with E-state index in [-0.39, 0.29) is 23.2 Å². The molecule has 0 aliphatic heterocycles. The monoisotopic (exact) mass is 252 g/mol. The lowest BCUT2D eigenvalue weighted by Gasteiger charge is -2.27. The summed E-state index contributed by atoms with van der Waals surface area (Å²) in [7, 11) is 0. The van der Waals surface area contributed by atoms with Gasteiger partial charge in [-0.3, -0.25) is 4.79 Å². The van der Waals surface area contributed by atoms with Gasteiger partial charge < -0.3 is 11.1 Å². The van der Waals surface area contributed by atoms with Gasteiger partial charge in [0.1, 0.15) is 5.82 Å². The third kappa shape index (κ3) is 3.81. The van der Waals surface area contributed by atoms with E-state index in [2.05, 4.69) is 5.32 Å². The minimum absolute atomic E-state index is 0.223. The van der Waals surface area contributed by atoms with E-state index in [1.165, 1.54) is 12.1 Å². The first-order valence-electron chi connectivity index (χ1n) is 6.03. The summed E-state index contributed by atoms with van der Waals surface area (Å²) < 4.78 is 13.1. The van der Waals surface area contributed by atoms with Gasteiger partial charge in [-0.25, -0.2) is 4.39 Å². The Morgan fingerprint density at radius 2 is 2.00 bits per heavy atom. The number of hydrogen-bond donors (Lipinski definition) is 2. The second-order valence-corrected chi connectivity index (χ2v) is 5.63. The Morgan fingerprint density at radius 1 is 1.39 bits per heavy atom. The van der Waals surface area contributed by atoms with Gasteiger partial charge in [0.2, 0.25) is 5.91 Å². The summed E-state index contributed by atoms with van der Waals surface area (Å²) in [6.07, 6.45) is 0. The topological polar surface area (TPSA) is 55.1 Å². The van der Waals surface area contributed by atoms with E-state index in [4.69, 9.17) is 5.73 Å². The molecule has 0 fully saturated rings. The van der Waals surface area contributed by atoms with Crippen molar-refractivity contribution in [3.05, 3.63) is 35.6 Å². The van der Waals surface area contributed by atoms with Crippen LogP contribution in [0.25, 0.3) is 0 Å².